The fourth-order valence-corrected chi connectivity index (χ4v) is 7.98. The second kappa shape index (κ2) is 9.36. The maximum Gasteiger partial charge on any atom is 0.231 e. The van der Waals surface area contributed by atoms with Crippen molar-refractivity contribution in [1.82, 2.24) is 14.5 Å². The van der Waals surface area contributed by atoms with Crippen molar-refractivity contribution in [2.75, 3.05) is 0 Å². The number of hydrogen-bond donors (Lipinski definition) is 0. The third-order valence-electron chi connectivity index (χ3n) is 8.85. The van der Waals surface area contributed by atoms with Gasteiger partial charge >= 0.3 is 0 Å². The summed E-state index contributed by atoms with van der Waals surface area (Å²) in [5, 5.41) is 7.17. The molecule has 0 aliphatic heterocycles. The summed E-state index contributed by atoms with van der Waals surface area (Å²) >= 11 is 1.86. The molecule has 0 radical (unpaired) electrons. The number of aromatic nitrogens is 3. The van der Waals surface area contributed by atoms with Crippen molar-refractivity contribution in [2.45, 2.75) is 0 Å². The van der Waals surface area contributed by atoms with Gasteiger partial charge in [-0.1, -0.05) is 84.9 Å². The Morgan fingerprint density at radius 2 is 1.22 bits per heavy atom. The Morgan fingerprint density at radius 1 is 0.489 bits per heavy atom. The first kappa shape index (κ1) is 24.6. The molecule has 0 bridgehead atoms. The van der Waals surface area contributed by atoms with Crippen molar-refractivity contribution in [1.29, 1.82) is 0 Å². The molecule has 0 unspecified atom stereocenters. The summed E-state index contributed by atoms with van der Waals surface area (Å²) in [6.45, 7) is 0. The highest BCUT2D eigenvalue weighted by atomic mass is 32.1. The fourth-order valence-electron chi connectivity index (χ4n) is 6.87. The molecule has 6 aromatic carbocycles. The topological polar surface area (TPSA) is 43.9 Å². The van der Waals surface area contributed by atoms with E-state index in [1.54, 1.807) is 0 Å². The van der Waals surface area contributed by atoms with Gasteiger partial charge in [0.15, 0.2) is 5.82 Å². The first-order valence-corrected chi connectivity index (χ1v) is 15.8. The zero-order valence-corrected chi connectivity index (χ0v) is 24.8. The van der Waals surface area contributed by atoms with Gasteiger partial charge in [0.05, 0.1) is 22.1 Å². The number of benzene rings is 6. The maximum atomic E-state index is 6.26. The van der Waals surface area contributed by atoms with E-state index >= 15 is 0 Å². The summed E-state index contributed by atoms with van der Waals surface area (Å²) in [4.78, 5) is 10.1. The zero-order chi connectivity index (χ0) is 29.5. The minimum atomic E-state index is 0.596. The van der Waals surface area contributed by atoms with Crippen LogP contribution in [0.15, 0.2) is 144 Å². The average molecular weight is 594 g/mol. The summed E-state index contributed by atoms with van der Waals surface area (Å²) in [6, 6.07) is 48.9. The van der Waals surface area contributed by atoms with Gasteiger partial charge in [-0.15, -0.1) is 11.3 Å². The molecule has 0 N–H and O–H groups in total. The fraction of sp³-hybridized carbons (Fsp3) is 0. The summed E-state index contributed by atoms with van der Waals surface area (Å²) in [5.41, 5.74) is 7.73. The number of rotatable bonds is 3. The van der Waals surface area contributed by atoms with E-state index in [9.17, 15) is 0 Å². The van der Waals surface area contributed by atoms with Gasteiger partial charge in [-0.2, -0.15) is 4.98 Å². The van der Waals surface area contributed by atoms with Crippen LogP contribution in [0.5, 0.6) is 0 Å². The van der Waals surface area contributed by atoms with Crippen molar-refractivity contribution < 1.29 is 4.42 Å². The minimum absolute atomic E-state index is 0.596. The van der Waals surface area contributed by atoms with Crippen LogP contribution >= 0.6 is 11.3 Å². The Labute approximate surface area is 261 Å². The largest absolute Gasteiger partial charge is 0.438 e. The van der Waals surface area contributed by atoms with Crippen LogP contribution in [0.1, 0.15) is 0 Å². The van der Waals surface area contributed by atoms with E-state index in [-0.39, 0.29) is 0 Å². The van der Waals surface area contributed by atoms with Crippen molar-refractivity contribution in [3.63, 3.8) is 0 Å². The second-order valence-electron chi connectivity index (χ2n) is 11.4. The minimum Gasteiger partial charge on any atom is -0.438 e. The summed E-state index contributed by atoms with van der Waals surface area (Å²) in [7, 11) is 0. The third kappa shape index (κ3) is 3.59. The molecule has 0 spiro atoms. The summed E-state index contributed by atoms with van der Waals surface area (Å²) in [5.74, 6) is 0.639. The van der Waals surface area contributed by atoms with Crippen LogP contribution in [-0.2, 0) is 0 Å². The highest BCUT2D eigenvalue weighted by Gasteiger charge is 2.20. The normalized spacial score (nSPS) is 12.0. The Bertz CT molecular complexity index is 2750. The molecule has 4 aromatic heterocycles. The molecule has 0 fully saturated rings. The summed E-state index contributed by atoms with van der Waals surface area (Å²) in [6.07, 6.45) is 0. The Balaban J connectivity index is 1.18. The number of fused-ring (bicyclic) bond motifs is 10. The van der Waals surface area contributed by atoms with Crippen LogP contribution in [0.3, 0.4) is 0 Å². The lowest BCUT2D eigenvalue weighted by molar-refractivity contribution is 0.653. The van der Waals surface area contributed by atoms with Crippen LogP contribution in [0, 0.1) is 0 Å². The molecular formula is C40H23N3OS. The highest BCUT2D eigenvalue weighted by Crippen LogP contribution is 2.43. The molecule has 0 aliphatic rings. The van der Waals surface area contributed by atoms with E-state index in [1.807, 2.05) is 47.7 Å². The van der Waals surface area contributed by atoms with Gasteiger partial charge in [0.25, 0.3) is 0 Å². The SMILES string of the molecule is c1ccc(-c2nc(-c3ccc(-n4c5ccccc5c5c6c(ccc54)sc4ccccc46)cc3)nc3oc4ccccc4c23)cc1. The zero-order valence-electron chi connectivity index (χ0n) is 23.9. The molecule has 4 heterocycles. The van der Waals surface area contributed by atoms with Gasteiger partial charge < -0.3 is 8.98 Å². The van der Waals surface area contributed by atoms with Crippen molar-refractivity contribution in [2.24, 2.45) is 0 Å². The molecule has 45 heavy (non-hydrogen) atoms. The van der Waals surface area contributed by atoms with Crippen LogP contribution in [-0.4, -0.2) is 14.5 Å². The standard InChI is InChI=1S/C40H23N3OS/c1-2-10-24(11-3-1)38-37-28-13-5-8-16-32(28)44-40(37)42-39(41-38)25-18-20-26(21-19-25)43-30-15-7-4-12-27(30)35-31(43)22-23-34-36(35)29-14-6-9-17-33(29)45-34/h1-23H. The number of thiophene rings is 1. The monoisotopic (exact) mass is 593 g/mol. The van der Waals surface area contributed by atoms with Crippen LogP contribution in [0.4, 0.5) is 0 Å². The van der Waals surface area contributed by atoms with E-state index in [4.69, 9.17) is 14.4 Å². The number of nitrogens with zero attached hydrogens (tertiary/aromatic N) is 3. The molecule has 5 heteroatoms. The molecule has 210 valence electrons. The predicted octanol–water partition coefficient (Wildman–Crippen LogP) is 11.2. The quantitative estimate of drug-likeness (QED) is 0.205. The van der Waals surface area contributed by atoms with E-state index in [2.05, 4.69) is 108 Å². The predicted molar refractivity (Wildman–Crippen MR) is 187 cm³/mol. The smallest absolute Gasteiger partial charge is 0.231 e. The Hall–Kier alpha value is -5.78. The molecule has 0 amide bonds. The lowest BCUT2D eigenvalue weighted by Crippen LogP contribution is -1.96. The van der Waals surface area contributed by atoms with E-state index in [1.165, 1.54) is 42.0 Å². The third-order valence-corrected chi connectivity index (χ3v) is 9.98. The number of para-hydroxylation sites is 2. The summed E-state index contributed by atoms with van der Waals surface area (Å²) < 4.78 is 11.3. The molecule has 0 saturated heterocycles. The number of hydrogen-bond acceptors (Lipinski definition) is 4. The molecule has 4 nitrogen and oxygen atoms in total. The molecule has 0 atom stereocenters. The van der Waals surface area contributed by atoms with Crippen LogP contribution < -0.4 is 0 Å². The highest BCUT2D eigenvalue weighted by molar-refractivity contribution is 7.26. The first-order chi connectivity index (χ1) is 22.3. The van der Waals surface area contributed by atoms with Gasteiger partial charge in [-0.3, -0.25) is 0 Å². The van der Waals surface area contributed by atoms with Gasteiger partial charge in [0.1, 0.15) is 5.58 Å². The van der Waals surface area contributed by atoms with E-state index in [0.29, 0.717) is 11.5 Å². The van der Waals surface area contributed by atoms with Crippen LogP contribution in [0.2, 0.25) is 0 Å². The van der Waals surface area contributed by atoms with Crippen molar-refractivity contribution in [3.8, 4) is 28.3 Å². The van der Waals surface area contributed by atoms with Gasteiger partial charge in [0, 0.05) is 53.1 Å². The second-order valence-corrected chi connectivity index (χ2v) is 12.5. The molecular weight excluding hydrogens is 571 g/mol. The first-order valence-electron chi connectivity index (χ1n) is 15.0. The Morgan fingerprint density at radius 3 is 2.09 bits per heavy atom. The molecule has 0 saturated carbocycles. The van der Waals surface area contributed by atoms with Gasteiger partial charge in [0.2, 0.25) is 5.71 Å². The lowest BCUT2D eigenvalue weighted by atomic mass is 10.1. The van der Waals surface area contributed by atoms with Gasteiger partial charge in [-0.25, -0.2) is 4.98 Å². The Kier molecular flexibility index (Phi) is 5.12. The van der Waals surface area contributed by atoms with Gasteiger partial charge in [-0.05, 0) is 54.6 Å². The van der Waals surface area contributed by atoms with Crippen molar-refractivity contribution in [3.05, 3.63) is 140 Å². The average Bonchev–Trinajstić information content (AvgIpc) is 3.77. The molecule has 10 rings (SSSR count). The van der Waals surface area contributed by atoms with Crippen LogP contribution in [0.25, 0.3) is 92.4 Å². The number of furan rings is 1. The molecule has 0 aliphatic carbocycles. The van der Waals surface area contributed by atoms with E-state index in [0.717, 1.165) is 38.9 Å². The maximum absolute atomic E-state index is 6.26. The van der Waals surface area contributed by atoms with E-state index < -0.39 is 0 Å². The lowest BCUT2D eigenvalue weighted by Gasteiger charge is -2.10. The van der Waals surface area contributed by atoms with Crippen molar-refractivity contribution >= 4 is 75.4 Å². The molecule has 10 aromatic rings.